The monoisotopic (exact) mass is 417 g/mol. The molecule has 2 aromatic rings. The molecule has 3 heterocycles. The third kappa shape index (κ3) is 3.62. The molecule has 1 aromatic heterocycles. The Balaban J connectivity index is 1.62. The molecule has 1 aromatic carbocycles. The number of carbonyl (C=O) groups excluding carboxylic acids is 3. The van der Waals surface area contributed by atoms with Gasteiger partial charge in [0.25, 0.3) is 0 Å². The highest BCUT2D eigenvalue weighted by Gasteiger charge is 2.35. The van der Waals surface area contributed by atoms with E-state index in [0.717, 1.165) is 0 Å². The largest absolute Gasteiger partial charge is 0.389 e. The minimum Gasteiger partial charge on any atom is -0.389 e. The Hall–Kier alpha value is -3.01. The molecular weight excluding hydrogens is 393 g/mol. The molecule has 0 saturated carbocycles. The highest BCUT2D eigenvalue weighted by Crippen LogP contribution is 2.35. The summed E-state index contributed by atoms with van der Waals surface area (Å²) in [7, 11) is 1.71. The van der Waals surface area contributed by atoms with Crippen molar-refractivity contribution in [3.63, 3.8) is 0 Å². The van der Waals surface area contributed by atoms with Crippen LogP contribution in [0, 0.1) is 5.82 Å². The maximum atomic E-state index is 15.1. The Bertz CT molecular complexity index is 1040. The lowest BCUT2D eigenvalue weighted by molar-refractivity contribution is -0.123. The average molecular weight is 417 g/mol. The molecule has 0 unspecified atom stereocenters. The summed E-state index contributed by atoms with van der Waals surface area (Å²) in [5.74, 6) is -0.566. The van der Waals surface area contributed by atoms with Gasteiger partial charge in [-0.2, -0.15) is 5.10 Å². The highest BCUT2D eigenvalue weighted by atomic mass is 19.1. The standard InChI is InChI=1S/C20H24FN5O4/c1-12(27)11-20(30)4-7-25(8-5-20)16-10-15-13(9-14(16)21)18(23-24(15)2)26-6-3-17(28)22-19(26)29/h9-10,30H,3-8,11H2,1-2H3,(H,22,28,29). The van der Waals surface area contributed by atoms with Crippen molar-refractivity contribution in [3.05, 3.63) is 17.9 Å². The van der Waals surface area contributed by atoms with E-state index >= 15 is 4.39 Å². The zero-order valence-corrected chi connectivity index (χ0v) is 16.9. The Morgan fingerprint density at radius 3 is 2.60 bits per heavy atom. The third-order valence-corrected chi connectivity index (χ3v) is 5.82. The molecule has 0 bridgehead atoms. The molecule has 0 aliphatic carbocycles. The zero-order chi connectivity index (χ0) is 21.6. The Morgan fingerprint density at radius 1 is 1.27 bits per heavy atom. The molecule has 3 amide bonds. The van der Waals surface area contributed by atoms with Crippen LogP contribution in [-0.4, -0.2) is 57.8 Å². The van der Waals surface area contributed by atoms with Gasteiger partial charge in [-0.3, -0.25) is 24.5 Å². The van der Waals surface area contributed by atoms with Gasteiger partial charge in [-0.05, 0) is 31.9 Å². The van der Waals surface area contributed by atoms with Crippen molar-refractivity contribution in [2.75, 3.05) is 29.4 Å². The van der Waals surface area contributed by atoms with Crippen LogP contribution >= 0.6 is 0 Å². The zero-order valence-electron chi connectivity index (χ0n) is 16.9. The van der Waals surface area contributed by atoms with E-state index in [9.17, 15) is 19.5 Å². The minimum atomic E-state index is -1.04. The molecule has 4 rings (SSSR count). The molecule has 2 fully saturated rings. The summed E-state index contributed by atoms with van der Waals surface area (Å²) in [6, 6.07) is 2.47. The molecule has 30 heavy (non-hydrogen) atoms. The van der Waals surface area contributed by atoms with Gasteiger partial charge in [-0.1, -0.05) is 0 Å². The number of aliphatic hydroxyl groups is 1. The summed E-state index contributed by atoms with van der Waals surface area (Å²) in [4.78, 5) is 38.2. The molecule has 10 heteroatoms. The number of carbonyl (C=O) groups is 3. The second kappa shape index (κ2) is 7.35. The molecule has 2 N–H and O–H groups in total. The molecule has 0 atom stereocenters. The van der Waals surface area contributed by atoms with Gasteiger partial charge >= 0.3 is 6.03 Å². The lowest BCUT2D eigenvalue weighted by Crippen LogP contribution is -2.49. The van der Waals surface area contributed by atoms with E-state index in [2.05, 4.69) is 10.4 Å². The number of imide groups is 1. The van der Waals surface area contributed by atoms with Gasteiger partial charge in [-0.25, -0.2) is 9.18 Å². The summed E-state index contributed by atoms with van der Waals surface area (Å²) < 4.78 is 16.6. The van der Waals surface area contributed by atoms with E-state index in [1.165, 1.54) is 17.9 Å². The summed E-state index contributed by atoms with van der Waals surface area (Å²) in [5.41, 5.74) is -0.00217. The van der Waals surface area contributed by atoms with E-state index in [1.807, 2.05) is 4.90 Å². The number of aromatic nitrogens is 2. The topological polar surface area (TPSA) is 108 Å². The number of piperidine rings is 1. The van der Waals surface area contributed by atoms with Crippen LogP contribution in [0.3, 0.4) is 0 Å². The van der Waals surface area contributed by atoms with Crippen molar-refractivity contribution >= 4 is 40.1 Å². The van der Waals surface area contributed by atoms with E-state index in [1.54, 1.807) is 17.8 Å². The van der Waals surface area contributed by atoms with Crippen molar-refractivity contribution < 1.29 is 23.9 Å². The number of hydrogen-bond acceptors (Lipinski definition) is 6. The average Bonchev–Trinajstić information content (AvgIpc) is 2.96. The fourth-order valence-electron chi connectivity index (χ4n) is 4.26. The SMILES string of the molecule is CC(=O)CC1(O)CCN(c2cc3c(cc2F)c(N2CCC(=O)NC2=O)nn3C)CC1. The molecule has 0 spiro atoms. The second-order valence-corrected chi connectivity index (χ2v) is 8.11. The molecule has 2 aliphatic heterocycles. The van der Waals surface area contributed by atoms with Crippen LogP contribution in [0.15, 0.2) is 12.1 Å². The number of hydrogen-bond donors (Lipinski definition) is 2. The summed E-state index contributed by atoms with van der Waals surface area (Å²) in [5, 5.41) is 17.7. The van der Waals surface area contributed by atoms with Gasteiger partial charge in [0.15, 0.2) is 5.82 Å². The predicted molar refractivity (Wildman–Crippen MR) is 108 cm³/mol. The van der Waals surface area contributed by atoms with E-state index in [0.29, 0.717) is 48.3 Å². The first kappa shape index (κ1) is 20.3. The van der Waals surface area contributed by atoms with Crippen molar-refractivity contribution in [1.82, 2.24) is 15.1 Å². The minimum absolute atomic E-state index is 0.0654. The Labute approximate surface area is 172 Å². The van der Waals surface area contributed by atoms with Gasteiger partial charge in [-0.15, -0.1) is 0 Å². The van der Waals surface area contributed by atoms with Gasteiger partial charge in [0, 0.05) is 44.9 Å². The fraction of sp³-hybridized carbons (Fsp3) is 0.500. The van der Waals surface area contributed by atoms with Crippen LogP contribution in [0.5, 0.6) is 0 Å². The third-order valence-electron chi connectivity index (χ3n) is 5.82. The first-order valence-corrected chi connectivity index (χ1v) is 9.91. The molecule has 160 valence electrons. The van der Waals surface area contributed by atoms with E-state index in [-0.39, 0.29) is 31.1 Å². The van der Waals surface area contributed by atoms with Crippen LogP contribution in [-0.2, 0) is 16.6 Å². The highest BCUT2D eigenvalue weighted by molar-refractivity contribution is 6.09. The quantitative estimate of drug-likeness (QED) is 0.780. The number of ketones is 1. The maximum absolute atomic E-state index is 15.1. The number of urea groups is 1. The molecule has 2 saturated heterocycles. The predicted octanol–water partition coefficient (Wildman–Crippen LogP) is 1.47. The normalized spacial score (nSPS) is 19.3. The second-order valence-electron chi connectivity index (χ2n) is 8.11. The number of Topliss-reactive ketones (excluding diaryl/α,β-unsaturated/α-hetero) is 1. The van der Waals surface area contributed by atoms with Crippen molar-refractivity contribution in [3.8, 4) is 0 Å². The number of anilines is 2. The fourth-order valence-corrected chi connectivity index (χ4v) is 4.26. The van der Waals surface area contributed by atoms with Crippen molar-refractivity contribution in [2.45, 2.75) is 38.2 Å². The number of rotatable bonds is 4. The number of aryl methyl sites for hydroxylation is 1. The summed E-state index contributed by atoms with van der Waals surface area (Å²) in [6.07, 6.45) is 1.01. The molecular formula is C20H24FN5O4. The van der Waals surface area contributed by atoms with Crippen LogP contribution in [0.4, 0.5) is 20.7 Å². The number of amides is 3. The van der Waals surface area contributed by atoms with E-state index < -0.39 is 17.4 Å². The van der Waals surface area contributed by atoms with Crippen LogP contribution in [0.25, 0.3) is 10.9 Å². The van der Waals surface area contributed by atoms with Crippen molar-refractivity contribution in [1.29, 1.82) is 0 Å². The number of fused-ring (bicyclic) bond motifs is 1. The first-order chi connectivity index (χ1) is 14.2. The molecule has 0 radical (unpaired) electrons. The number of benzene rings is 1. The van der Waals surface area contributed by atoms with Gasteiger partial charge in [0.05, 0.1) is 16.8 Å². The summed E-state index contributed by atoms with van der Waals surface area (Å²) >= 11 is 0. The number of nitrogens with one attached hydrogen (secondary N) is 1. The van der Waals surface area contributed by atoms with Gasteiger partial charge in [0.1, 0.15) is 11.6 Å². The number of nitrogens with zero attached hydrogens (tertiary/aromatic N) is 4. The van der Waals surface area contributed by atoms with Gasteiger partial charge < -0.3 is 10.0 Å². The lowest BCUT2D eigenvalue weighted by atomic mass is 9.86. The van der Waals surface area contributed by atoms with Crippen LogP contribution in [0.2, 0.25) is 0 Å². The smallest absolute Gasteiger partial charge is 0.329 e. The number of halogens is 1. The van der Waals surface area contributed by atoms with Gasteiger partial charge in [0.2, 0.25) is 5.91 Å². The lowest BCUT2D eigenvalue weighted by Gasteiger charge is -2.39. The van der Waals surface area contributed by atoms with E-state index in [4.69, 9.17) is 0 Å². The Morgan fingerprint density at radius 2 is 1.97 bits per heavy atom. The molecule has 9 nitrogen and oxygen atoms in total. The molecule has 2 aliphatic rings. The van der Waals surface area contributed by atoms with Crippen molar-refractivity contribution in [2.24, 2.45) is 7.05 Å². The first-order valence-electron chi connectivity index (χ1n) is 9.91. The van der Waals surface area contributed by atoms with Crippen LogP contribution < -0.4 is 15.1 Å². The Kier molecular flexibility index (Phi) is 4.97. The maximum Gasteiger partial charge on any atom is 0.329 e. The van der Waals surface area contributed by atoms with Crippen LogP contribution in [0.1, 0.15) is 32.6 Å². The summed E-state index contributed by atoms with van der Waals surface area (Å²) in [6.45, 7) is 2.48.